The summed E-state index contributed by atoms with van der Waals surface area (Å²) in [7, 11) is 0. The second kappa shape index (κ2) is 5.71. The molecule has 0 bridgehead atoms. The van der Waals surface area contributed by atoms with E-state index in [1.807, 2.05) is 0 Å². The van der Waals surface area contributed by atoms with Crippen molar-refractivity contribution in [2.24, 2.45) is 11.3 Å². The van der Waals surface area contributed by atoms with Crippen molar-refractivity contribution in [3.8, 4) is 6.07 Å². The first kappa shape index (κ1) is 13.4. The molecule has 0 saturated heterocycles. The molecular weight excluding hydrogens is 228 g/mol. The summed E-state index contributed by atoms with van der Waals surface area (Å²) in [4.78, 5) is 12.3. The molecule has 2 N–H and O–H groups in total. The van der Waals surface area contributed by atoms with E-state index in [-0.39, 0.29) is 24.5 Å². The van der Waals surface area contributed by atoms with Crippen LogP contribution in [0.25, 0.3) is 0 Å². The molecule has 0 aliphatic heterocycles. The molecule has 4 heteroatoms. The van der Waals surface area contributed by atoms with E-state index in [2.05, 4.69) is 11.4 Å². The lowest BCUT2D eigenvalue weighted by Gasteiger charge is -2.33. The van der Waals surface area contributed by atoms with Crippen molar-refractivity contribution in [2.45, 2.75) is 57.4 Å². The first-order chi connectivity index (χ1) is 8.72. The Morgan fingerprint density at radius 1 is 1.28 bits per heavy atom. The number of hydrogen-bond acceptors (Lipinski definition) is 3. The second-order valence-corrected chi connectivity index (χ2v) is 5.71. The summed E-state index contributed by atoms with van der Waals surface area (Å²) in [6, 6.07) is 2.28. The Bertz CT molecular complexity index is 342. The Kier molecular flexibility index (Phi) is 4.23. The van der Waals surface area contributed by atoms with Gasteiger partial charge < -0.3 is 10.4 Å². The molecule has 18 heavy (non-hydrogen) atoms. The van der Waals surface area contributed by atoms with Crippen LogP contribution >= 0.6 is 0 Å². The Labute approximate surface area is 108 Å². The molecular formula is C14H22N2O2. The fourth-order valence-corrected chi connectivity index (χ4v) is 3.29. The molecule has 100 valence electrons. The van der Waals surface area contributed by atoms with E-state index < -0.39 is 5.41 Å². The Hall–Kier alpha value is -1.08. The van der Waals surface area contributed by atoms with Gasteiger partial charge in [-0.1, -0.05) is 25.7 Å². The largest absolute Gasteiger partial charge is 0.396 e. The quantitative estimate of drug-likeness (QED) is 0.801. The summed E-state index contributed by atoms with van der Waals surface area (Å²) in [6.45, 7) is 0.129. The Balaban J connectivity index is 1.99. The number of carbonyl (C=O) groups excluding carboxylic acids is 1. The van der Waals surface area contributed by atoms with Gasteiger partial charge >= 0.3 is 0 Å². The minimum absolute atomic E-state index is 0.0575. The maximum absolute atomic E-state index is 12.3. The predicted octanol–water partition coefficient (Wildman–Crippen LogP) is 1.74. The zero-order valence-corrected chi connectivity index (χ0v) is 10.8. The van der Waals surface area contributed by atoms with Gasteiger partial charge in [0.1, 0.15) is 5.41 Å². The number of nitriles is 1. The standard InChI is InChI=1S/C14H22N2O2/c15-10-14(7-3-4-8-14)13(18)16-12-6-2-1-5-11(12)9-17/h11-12,17H,1-9H2,(H,16,18). The van der Waals surface area contributed by atoms with Crippen LogP contribution in [-0.4, -0.2) is 23.7 Å². The number of nitrogens with one attached hydrogen (secondary N) is 1. The number of nitrogens with zero attached hydrogens (tertiary/aromatic N) is 1. The van der Waals surface area contributed by atoms with Crippen molar-refractivity contribution in [2.75, 3.05) is 6.61 Å². The van der Waals surface area contributed by atoms with Crippen LogP contribution in [-0.2, 0) is 4.79 Å². The monoisotopic (exact) mass is 250 g/mol. The summed E-state index contributed by atoms with van der Waals surface area (Å²) in [5, 5.41) is 21.7. The Morgan fingerprint density at radius 2 is 1.94 bits per heavy atom. The van der Waals surface area contributed by atoms with E-state index in [0.29, 0.717) is 12.8 Å². The molecule has 2 aliphatic carbocycles. The van der Waals surface area contributed by atoms with Gasteiger partial charge in [0.15, 0.2) is 0 Å². The SMILES string of the molecule is N#CC1(C(=O)NC2CCCCC2CO)CCCC1. The third kappa shape index (κ3) is 2.51. The molecule has 0 aromatic carbocycles. The van der Waals surface area contributed by atoms with Gasteiger partial charge in [-0.15, -0.1) is 0 Å². The van der Waals surface area contributed by atoms with Crippen molar-refractivity contribution in [3.05, 3.63) is 0 Å². The molecule has 1 amide bonds. The number of hydrogen-bond donors (Lipinski definition) is 2. The highest BCUT2D eigenvalue weighted by Gasteiger charge is 2.42. The van der Waals surface area contributed by atoms with Crippen LogP contribution in [0.2, 0.25) is 0 Å². The molecule has 2 rings (SSSR count). The van der Waals surface area contributed by atoms with Crippen molar-refractivity contribution in [1.29, 1.82) is 5.26 Å². The molecule has 2 aliphatic rings. The first-order valence-corrected chi connectivity index (χ1v) is 7.05. The minimum Gasteiger partial charge on any atom is -0.396 e. The van der Waals surface area contributed by atoms with Gasteiger partial charge in [-0.05, 0) is 25.7 Å². The molecule has 0 spiro atoms. The topological polar surface area (TPSA) is 73.1 Å². The van der Waals surface area contributed by atoms with E-state index in [9.17, 15) is 15.2 Å². The number of aliphatic hydroxyl groups excluding tert-OH is 1. The average Bonchev–Trinajstić information content (AvgIpc) is 2.89. The van der Waals surface area contributed by atoms with Crippen LogP contribution in [0.15, 0.2) is 0 Å². The van der Waals surface area contributed by atoms with Gasteiger partial charge in [-0.25, -0.2) is 0 Å². The maximum atomic E-state index is 12.3. The van der Waals surface area contributed by atoms with Crippen LogP contribution in [0, 0.1) is 22.7 Å². The smallest absolute Gasteiger partial charge is 0.240 e. The lowest BCUT2D eigenvalue weighted by atomic mass is 9.82. The zero-order valence-electron chi connectivity index (χ0n) is 10.8. The van der Waals surface area contributed by atoms with Crippen LogP contribution in [0.5, 0.6) is 0 Å². The zero-order chi connectivity index (χ0) is 13.0. The highest BCUT2D eigenvalue weighted by molar-refractivity contribution is 5.86. The Morgan fingerprint density at radius 3 is 2.56 bits per heavy atom. The summed E-state index contributed by atoms with van der Waals surface area (Å²) < 4.78 is 0. The van der Waals surface area contributed by atoms with E-state index in [0.717, 1.165) is 38.5 Å². The molecule has 0 aromatic heterocycles. The van der Waals surface area contributed by atoms with Gasteiger partial charge in [0, 0.05) is 18.6 Å². The van der Waals surface area contributed by atoms with E-state index in [1.54, 1.807) is 0 Å². The summed E-state index contributed by atoms with van der Waals surface area (Å²) >= 11 is 0. The van der Waals surface area contributed by atoms with Crippen LogP contribution in [0.1, 0.15) is 51.4 Å². The van der Waals surface area contributed by atoms with Gasteiger partial charge in [0.2, 0.25) is 5.91 Å². The molecule has 0 aromatic rings. The third-order valence-electron chi connectivity index (χ3n) is 4.57. The molecule has 2 saturated carbocycles. The fourth-order valence-electron chi connectivity index (χ4n) is 3.29. The number of amides is 1. The summed E-state index contributed by atoms with van der Waals surface area (Å²) in [5.41, 5.74) is -0.794. The fraction of sp³-hybridized carbons (Fsp3) is 0.857. The average molecular weight is 250 g/mol. The van der Waals surface area contributed by atoms with Gasteiger partial charge in [0.25, 0.3) is 0 Å². The molecule has 2 unspecified atom stereocenters. The highest BCUT2D eigenvalue weighted by Crippen LogP contribution is 2.38. The van der Waals surface area contributed by atoms with Gasteiger partial charge in [0.05, 0.1) is 6.07 Å². The van der Waals surface area contributed by atoms with Crippen molar-refractivity contribution in [1.82, 2.24) is 5.32 Å². The number of aliphatic hydroxyl groups is 1. The van der Waals surface area contributed by atoms with E-state index in [4.69, 9.17) is 0 Å². The third-order valence-corrected chi connectivity index (χ3v) is 4.57. The van der Waals surface area contributed by atoms with Gasteiger partial charge in [-0.2, -0.15) is 5.26 Å². The molecule has 4 nitrogen and oxygen atoms in total. The predicted molar refractivity (Wildman–Crippen MR) is 67.5 cm³/mol. The van der Waals surface area contributed by atoms with Crippen molar-refractivity contribution in [3.63, 3.8) is 0 Å². The van der Waals surface area contributed by atoms with Crippen LogP contribution < -0.4 is 5.32 Å². The molecule has 2 atom stereocenters. The van der Waals surface area contributed by atoms with E-state index >= 15 is 0 Å². The van der Waals surface area contributed by atoms with Gasteiger partial charge in [-0.3, -0.25) is 4.79 Å². The highest BCUT2D eigenvalue weighted by atomic mass is 16.3. The van der Waals surface area contributed by atoms with Crippen LogP contribution in [0.4, 0.5) is 0 Å². The molecule has 2 fully saturated rings. The lowest BCUT2D eigenvalue weighted by Crippen LogP contribution is -2.48. The maximum Gasteiger partial charge on any atom is 0.240 e. The lowest BCUT2D eigenvalue weighted by molar-refractivity contribution is -0.129. The summed E-state index contributed by atoms with van der Waals surface area (Å²) in [6.07, 6.45) is 7.43. The number of rotatable bonds is 3. The minimum atomic E-state index is -0.794. The first-order valence-electron chi connectivity index (χ1n) is 7.05. The summed E-state index contributed by atoms with van der Waals surface area (Å²) in [5.74, 6) is 0.0627. The number of carbonyl (C=O) groups is 1. The molecule has 0 radical (unpaired) electrons. The van der Waals surface area contributed by atoms with Crippen molar-refractivity contribution >= 4 is 5.91 Å². The van der Waals surface area contributed by atoms with Crippen molar-refractivity contribution < 1.29 is 9.90 Å². The van der Waals surface area contributed by atoms with E-state index in [1.165, 1.54) is 0 Å². The van der Waals surface area contributed by atoms with Crippen LogP contribution in [0.3, 0.4) is 0 Å². The molecule has 0 heterocycles. The second-order valence-electron chi connectivity index (χ2n) is 5.71. The normalized spacial score (nSPS) is 30.7.